The highest BCUT2D eigenvalue weighted by Gasteiger charge is 2.37. The Kier molecular flexibility index (Phi) is 5.60. The quantitative estimate of drug-likeness (QED) is 0.806. The van der Waals surface area contributed by atoms with Gasteiger partial charge in [-0.3, -0.25) is 4.79 Å². The van der Waals surface area contributed by atoms with E-state index in [1.807, 2.05) is 39.1 Å². The summed E-state index contributed by atoms with van der Waals surface area (Å²) in [6.07, 6.45) is 0.831. The summed E-state index contributed by atoms with van der Waals surface area (Å²) in [7, 11) is 1.98. The van der Waals surface area contributed by atoms with Crippen LogP contribution in [0.5, 0.6) is 0 Å². The Morgan fingerprint density at radius 3 is 2.39 bits per heavy atom. The van der Waals surface area contributed by atoms with E-state index in [0.29, 0.717) is 0 Å². The van der Waals surface area contributed by atoms with Crippen LogP contribution in [0.1, 0.15) is 48.2 Å². The summed E-state index contributed by atoms with van der Waals surface area (Å²) in [5.41, 5.74) is 7.56. The maximum Gasteiger partial charge on any atom is 0.223 e. The van der Waals surface area contributed by atoms with Gasteiger partial charge in [0.15, 0.2) is 0 Å². The molecule has 4 heteroatoms. The lowest BCUT2D eigenvalue weighted by Gasteiger charge is -2.34. The summed E-state index contributed by atoms with van der Waals surface area (Å²) >= 11 is 1.76. The molecular weight excluding hydrogens is 304 g/mol. The van der Waals surface area contributed by atoms with E-state index in [1.165, 1.54) is 10.4 Å². The van der Waals surface area contributed by atoms with Crippen LogP contribution < -0.4 is 11.1 Å². The predicted molar refractivity (Wildman–Crippen MR) is 97.6 cm³/mol. The molecule has 0 radical (unpaired) electrons. The molecule has 0 saturated heterocycles. The van der Waals surface area contributed by atoms with Gasteiger partial charge in [-0.1, -0.05) is 44.2 Å². The van der Waals surface area contributed by atoms with E-state index in [-0.39, 0.29) is 17.9 Å². The largest absolute Gasteiger partial charge is 0.369 e. The monoisotopic (exact) mass is 330 g/mol. The minimum Gasteiger partial charge on any atom is -0.369 e. The van der Waals surface area contributed by atoms with Gasteiger partial charge in [-0.2, -0.15) is 0 Å². The van der Waals surface area contributed by atoms with E-state index < -0.39 is 5.41 Å². The van der Waals surface area contributed by atoms with Crippen LogP contribution in [-0.4, -0.2) is 13.0 Å². The normalized spacial score (nSPS) is 14.4. The number of primary amides is 1. The lowest BCUT2D eigenvalue weighted by atomic mass is 9.71. The molecule has 2 aromatic rings. The molecule has 0 bridgehead atoms. The second kappa shape index (κ2) is 7.28. The molecule has 0 aliphatic heterocycles. The van der Waals surface area contributed by atoms with Crippen molar-refractivity contribution in [3.63, 3.8) is 0 Å². The summed E-state index contributed by atoms with van der Waals surface area (Å²) in [4.78, 5) is 13.4. The number of thiophene rings is 1. The fourth-order valence-corrected chi connectivity index (χ4v) is 4.09. The van der Waals surface area contributed by atoms with Gasteiger partial charge in [0.2, 0.25) is 5.91 Å². The van der Waals surface area contributed by atoms with Crippen LogP contribution in [0.2, 0.25) is 0 Å². The van der Waals surface area contributed by atoms with Crippen molar-refractivity contribution in [2.45, 2.75) is 39.2 Å². The minimum atomic E-state index is -0.610. The first-order chi connectivity index (χ1) is 10.9. The van der Waals surface area contributed by atoms with Crippen LogP contribution in [0.15, 0.2) is 41.8 Å². The van der Waals surface area contributed by atoms with Crippen molar-refractivity contribution in [2.75, 3.05) is 7.05 Å². The lowest BCUT2D eigenvalue weighted by molar-refractivity contribution is -0.127. The van der Waals surface area contributed by atoms with Crippen LogP contribution in [0, 0.1) is 12.3 Å². The minimum absolute atomic E-state index is 0.0557. The first-order valence-corrected chi connectivity index (χ1v) is 8.82. The third-order valence-electron chi connectivity index (χ3n) is 4.75. The van der Waals surface area contributed by atoms with Gasteiger partial charge in [-0.05, 0) is 48.9 Å². The molecule has 0 saturated carbocycles. The molecule has 0 aliphatic rings. The van der Waals surface area contributed by atoms with E-state index in [9.17, 15) is 4.79 Å². The maximum absolute atomic E-state index is 12.1. The summed E-state index contributed by atoms with van der Waals surface area (Å²) in [5, 5.41) is 5.53. The Morgan fingerprint density at radius 1 is 1.26 bits per heavy atom. The van der Waals surface area contributed by atoms with Gasteiger partial charge < -0.3 is 11.1 Å². The molecule has 2 rings (SSSR count). The van der Waals surface area contributed by atoms with E-state index in [1.54, 1.807) is 11.3 Å². The molecule has 2 atom stereocenters. The highest BCUT2D eigenvalue weighted by molar-refractivity contribution is 7.10. The zero-order valence-corrected chi connectivity index (χ0v) is 15.1. The van der Waals surface area contributed by atoms with Crippen molar-refractivity contribution in [3.8, 4) is 0 Å². The zero-order valence-electron chi connectivity index (χ0n) is 14.3. The lowest BCUT2D eigenvalue weighted by Crippen LogP contribution is -2.38. The smallest absolute Gasteiger partial charge is 0.223 e. The van der Waals surface area contributed by atoms with Crippen LogP contribution in [-0.2, 0) is 4.79 Å². The van der Waals surface area contributed by atoms with Crippen LogP contribution in [0.3, 0.4) is 0 Å². The summed E-state index contributed by atoms with van der Waals surface area (Å²) < 4.78 is 0. The second-order valence-electron chi connectivity index (χ2n) is 6.59. The highest BCUT2D eigenvalue weighted by atomic mass is 32.1. The Bertz CT molecular complexity index is 648. The maximum atomic E-state index is 12.1. The average molecular weight is 330 g/mol. The Hall–Kier alpha value is -1.65. The molecule has 0 fully saturated rings. The first-order valence-electron chi connectivity index (χ1n) is 7.94. The summed E-state index contributed by atoms with van der Waals surface area (Å²) in [5.74, 6) is -0.204. The molecule has 1 amide bonds. The number of hydrogen-bond acceptors (Lipinski definition) is 3. The Morgan fingerprint density at radius 2 is 1.91 bits per heavy atom. The van der Waals surface area contributed by atoms with Crippen LogP contribution >= 0.6 is 11.3 Å². The Labute approximate surface area is 142 Å². The third-order valence-corrected chi connectivity index (χ3v) is 5.88. The van der Waals surface area contributed by atoms with E-state index in [2.05, 4.69) is 35.8 Å². The first kappa shape index (κ1) is 17.7. The van der Waals surface area contributed by atoms with E-state index >= 15 is 0 Å². The number of nitrogens with two attached hydrogens (primary N) is 1. The molecular formula is C19H26N2OS. The molecule has 0 aliphatic carbocycles. The van der Waals surface area contributed by atoms with Gasteiger partial charge in [0, 0.05) is 10.9 Å². The average Bonchev–Trinajstić information content (AvgIpc) is 2.95. The SMILES string of the molecule is CNC(CC(c1ccccc1)C(C)(C)C(N)=O)c1sccc1C. The molecule has 3 nitrogen and oxygen atoms in total. The van der Waals surface area contributed by atoms with Gasteiger partial charge in [0.05, 0.1) is 5.41 Å². The van der Waals surface area contributed by atoms with Crippen molar-refractivity contribution < 1.29 is 4.79 Å². The van der Waals surface area contributed by atoms with Crippen molar-refractivity contribution in [3.05, 3.63) is 57.8 Å². The molecule has 1 heterocycles. The van der Waals surface area contributed by atoms with Crippen molar-refractivity contribution in [1.29, 1.82) is 0 Å². The molecule has 124 valence electrons. The number of amides is 1. The predicted octanol–water partition coefficient (Wildman–Crippen LogP) is 4.00. The van der Waals surface area contributed by atoms with Crippen LogP contribution in [0.25, 0.3) is 0 Å². The molecule has 23 heavy (non-hydrogen) atoms. The van der Waals surface area contributed by atoms with Gasteiger partial charge in [-0.25, -0.2) is 0 Å². The second-order valence-corrected chi connectivity index (χ2v) is 7.54. The van der Waals surface area contributed by atoms with Gasteiger partial charge >= 0.3 is 0 Å². The number of carbonyl (C=O) groups excluding carboxylic acids is 1. The number of nitrogens with one attached hydrogen (secondary N) is 1. The van der Waals surface area contributed by atoms with Crippen molar-refractivity contribution in [2.24, 2.45) is 11.1 Å². The number of aryl methyl sites for hydroxylation is 1. The molecule has 1 aromatic heterocycles. The number of rotatable bonds is 7. The molecule has 2 unspecified atom stereocenters. The Balaban J connectivity index is 2.38. The van der Waals surface area contributed by atoms with Gasteiger partial charge in [-0.15, -0.1) is 11.3 Å². The van der Waals surface area contributed by atoms with Crippen molar-refractivity contribution >= 4 is 17.2 Å². The van der Waals surface area contributed by atoms with Crippen LogP contribution in [0.4, 0.5) is 0 Å². The number of carbonyl (C=O) groups is 1. The number of hydrogen-bond donors (Lipinski definition) is 2. The fourth-order valence-electron chi connectivity index (χ4n) is 3.04. The van der Waals surface area contributed by atoms with E-state index in [0.717, 1.165) is 12.0 Å². The van der Waals surface area contributed by atoms with Gasteiger partial charge in [0.1, 0.15) is 0 Å². The summed E-state index contributed by atoms with van der Waals surface area (Å²) in [6.45, 7) is 6.02. The molecule has 1 aromatic carbocycles. The topological polar surface area (TPSA) is 55.1 Å². The van der Waals surface area contributed by atoms with Crippen molar-refractivity contribution in [1.82, 2.24) is 5.32 Å². The standard InChI is InChI=1S/C19H26N2OS/c1-13-10-11-23-17(13)16(21-4)12-15(19(2,3)18(20)22)14-8-6-5-7-9-14/h5-11,15-16,21H,12H2,1-4H3,(H2,20,22). The highest BCUT2D eigenvalue weighted by Crippen LogP contribution is 2.42. The third kappa shape index (κ3) is 3.82. The molecule has 3 N–H and O–H groups in total. The zero-order chi connectivity index (χ0) is 17.0. The fraction of sp³-hybridized carbons (Fsp3) is 0.421. The van der Waals surface area contributed by atoms with Gasteiger partial charge in [0.25, 0.3) is 0 Å². The summed E-state index contributed by atoms with van der Waals surface area (Å²) in [6, 6.07) is 12.6. The number of benzene rings is 1. The molecule has 0 spiro atoms. The van der Waals surface area contributed by atoms with E-state index in [4.69, 9.17) is 5.73 Å².